The predicted octanol–water partition coefficient (Wildman–Crippen LogP) is 3.51. The number of thiophene rings is 1. The summed E-state index contributed by atoms with van der Waals surface area (Å²) in [5.41, 5.74) is 2.50. The van der Waals surface area contributed by atoms with Crippen molar-refractivity contribution in [3.8, 4) is 0 Å². The smallest absolute Gasteiger partial charge is 0.261 e. The summed E-state index contributed by atoms with van der Waals surface area (Å²) in [5.74, 6) is -0.159. The van der Waals surface area contributed by atoms with Gasteiger partial charge < -0.3 is 10.6 Å². The Hall–Kier alpha value is -2.14. The summed E-state index contributed by atoms with van der Waals surface area (Å²) in [6, 6.07) is 9.42. The molecular formula is C18H22N2O2S. The first kappa shape index (κ1) is 17.2. The van der Waals surface area contributed by atoms with Gasteiger partial charge in [-0.1, -0.05) is 19.1 Å². The van der Waals surface area contributed by atoms with Crippen molar-refractivity contribution >= 4 is 23.2 Å². The van der Waals surface area contributed by atoms with E-state index in [9.17, 15) is 9.59 Å². The monoisotopic (exact) mass is 330 g/mol. The summed E-state index contributed by atoms with van der Waals surface area (Å²) >= 11 is 1.43. The molecule has 0 aliphatic carbocycles. The molecule has 2 amide bonds. The molecule has 4 nitrogen and oxygen atoms in total. The Kier molecular flexibility index (Phi) is 5.93. The lowest BCUT2D eigenvalue weighted by Crippen LogP contribution is -2.32. The molecule has 0 radical (unpaired) electrons. The van der Waals surface area contributed by atoms with Crippen molar-refractivity contribution in [1.29, 1.82) is 0 Å². The number of carbonyl (C=O) groups is 2. The maximum Gasteiger partial charge on any atom is 0.261 e. The van der Waals surface area contributed by atoms with Crippen molar-refractivity contribution < 1.29 is 9.59 Å². The van der Waals surface area contributed by atoms with Crippen molar-refractivity contribution in [3.63, 3.8) is 0 Å². The molecule has 5 heteroatoms. The van der Waals surface area contributed by atoms with Crippen molar-refractivity contribution in [2.75, 3.05) is 0 Å². The Morgan fingerprint density at radius 3 is 2.65 bits per heavy atom. The zero-order valence-corrected chi connectivity index (χ0v) is 14.5. The van der Waals surface area contributed by atoms with Crippen LogP contribution in [0.2, 0.25) is 0 Å². The first-order valence-electron chi connectivity index (χ1n) is 7.73. The molecule has 0 spiro atoms. The van der Waals surface area contributed by atoms with Gasteiger partial charge in [-0.2, -0.15) is 0 Å². The molecule has 0 saturated carbocycles. The van der Waals surface area contributed by atoms with Crippen LogP contribution in [0.5, 0.6) is 0 Å². The minimum Gasteiger partial charge on any atom is -0.350 e. The van der Waals surface area contributed by atoms with E-state index in [1.54, 1.807) is 6.07 Å². The van der Waals surface area contributed by atoms with E-state index in [2.05, 4.69) is 10.6 Å². The van der Waals surface area contributed by atoms with Crippen LogP contribution in [0.25, 0.3) is 0 Å². The third-order valence-electron chi connectivity index (χ3n) is 3.70. The van der Waals surface area contributed by atoms with Crippen molar-refractivity contribution in [3.05, 3.63) is 57.3 Å². The van der Waals surface area contributed by atoms with Gasteiger partial charge in [0.2, 0.25) is 0 Å². The molecule has 0 aliphatic rings. The quantitative estimate of drug-likeness (QED) is 0.851. The van der Waals surface area contributed by atoms with E-state index in [1.165, 1.54) is 11.3 Å². The molecule has 2 rings (SSSR count). The molecule has 0 saturated heterocycles. The molecule has 1 atom stereocenters. The number of amides is 2. The molecule has 1 heterocycles. The fourth-order valence-corrected chi connectivity index (χ4v) is 2.94. The van der Waals surface area contributed by atoms with Crippen molar-refractivity contribution in [2.45, 2.75) is 39.8 Å². The van der Waals surface area contributed by atoms with Gasteiger partial charge in [-0.3, -0.25) is 9.59 Å². The van der Waals surface area contributed by atoms with E-state index in [0.29, 0.717) is 12.1 Å². The number of benzene rings is 1. The normalized spacial score (nSPS) is 11.8. The van der Waals surface area contributed by atoms with E-state index >= 15 is 0 Å². The molecule has 0 bridgehead atoms. The minimum absolute atomic E-state index is 0.0769. The molecule has 0 fully saturated rings. The maximum atomic E-state index is 12.1. The molecule has 0 unspecified atom stereocenters. The first-order valence-corrected chi connectivity index (χ1v) is 8.61. The van der Waals surface area contributed by atoms with Crippen LogP contribution >= 0.6 is 11.3 Å². The van der Waals surface area contributed by atoms with Crippen LogP contribution in [0.3, 0.4) is 0 Å². The van der Waals surface area contributed by atoms with Crippen LogP contribution in [-0.4, -0.2) is 17.9 Å². The lowest BCUT2D eigenvalue weighted by atomic mass is 10.1. The highest BCUT2D eigenvalue weighted by atomic mass is 32.1. The summed E-state index contributed by atoms with van der Waals surface area (Å²) in [6.07, 6.45) is 0.891. The van der Waals surface area contributed by atoms with Crippen LogP contribution in [0.15, 0.2) is 35.7 Å². The lowest BCUT2D eigenvalue weighted by molar-refractivity contribution is 0.0937. The second kappa shape index (κ2) is 7.92. The SMILES string of the molecule is CC[C@H](C)NC(=O)c1cccc(CNC(=O)c2sccc2C)c1. The van der Waals surface area contributed by atoms with Gasteiger partial charge in [0.1, 0.15) is 0 Å². The second-order valence-corrected chi connectivity index (χ2v) is 6.51. The van der Waals surface area contributed by atoms with Crippen LogP contribution in [-0.2, 0) is 6.54 Å². The molecule has 23 heavy (non-hydrogen) atoms. The summed E-state index contributed by atoms with van der Waals surface area (Å²) in [4.78, 5) is 25.0. The van der Waals surface area contributed by atoms with E-state index < -0.39 is 0 Å². The summed E-state index contributed by atoms with van der Waals surface area (Å²) < 4.78 is 0. The fourth-order valence-electron chi connectivity index (χ4n) is 2.10. The maximum absolute atomic E-state index is 12.1. The number of carbonyl (C=O) groups excluding carboxylic acids is 2. The average molecular weight is 330 g/mol. The molecule has 0 aliphatic heterocycles. The Bertz CT molecular complexity index is 694. The first-order chi connectivity index (χ1) is 11.0. The average Bonchev–Trinajstić information content (AvgIpc) is 2.98. The van der Waals surface area contributed by atoms with Crippen molar-refractivity contribution in [1.82, 2.24) is 10.6 Å². The summed E-state index contributed by atoms with van der Waals surface area (Å²) in [5, 5.41) is 7.75. The van der Waals surface area contributed by atoms with Gasteiger partial charge in [0, 0.05) is 18.2 Å². The Morgan fingerprint density at radius 1 is 1.22 bits per heavy atom. The third-order valence-corrected chi connectivity index (χ3v) is 4.72. The zero-order valence-electron chi connectivity index (χ0n) is 13.7. The molecule has 1 aromatic heterocycles. The van der Waals surface area contributed by atoms with Crippen LogP contribution in [0.4, 0.5) is 0 Å². The van der Waals surface area contributed by atoms with Gasteiger partial charge >= 0.3 is 0 Å². The lowest BCUT2D eigenvalue weighted by Gasteiger charge is -2.12. The standard InChI is InChI=1S/C18H22N2O2S/c1-4-13(3)20-17(21)15-7-5-6-14(10-15)11-19-18(22)16-12(2)8-9-23-16/h5-10,13H,4,11H2,1-3H3,(H,19,22)(H,20,21)/t13-/m0/s1. The van der Waals surface area contributed by atoms with E-state index in [-0.39, 0.29) is 17.9 Å². The Balaban J connectivity index is 1.99. The van der Waals surface area contributed by atoms with Crippen LogP contribution in [0, 0.1) is 6.92 Å². The highest BCUT2D eigenvalue weighted by Crippen LogP contribution is 2.15. The minimum atomic E-state index is -0.0818. The molecule has 1 aromatic carbocycles. The fraction of sp³-hybridized carbons (Fsp3) is 0.333. The van der Waals surface area contributed by atoms with E-state index in [4.69, 9.17) is 0 Å². The van der Waals surface area contributed by atoms with E-state index in [1.807, 2.05) is 50.4 Å². The number of hydrogen-bond donors (Lipinski definition) is 2. The number of hydrogen-bond acceptors (Lipinski definition) is 3. The van der Waals surface area contributed by atoms with Crippen LogP contribution < -0.4 is 10.6 Å². The number of rotatable bonds is 6. The van der Waals surface area contributed by atoms with Gasteiger partial charge in [-0.05, 0) is 55.0 Å². The molecule has 2 N–H and O–H groups in total. The third kappa shape index (κ3) is 4.66. The predicted molar refractivity (Wildman–Crippen MR) is 93.9 cm³/mol. The highest BCUT2D eigenvalue weighted by Gasteiger charge is 2.11. The van der Waals surface area contributed by atoms with Gasteiger partial charge in [-0.25, -0.2) is 0 Å². The van der Waals surface area contributed by atoms with Gasteiger partial charge in [-0.15, -0.1) is 11.3 Å². The van der Waals surface area contributed by atoms with Gasteiger partial charge in [0.15, 0.2) is 0 Å². The molecular weight excluding hydrogens is 308 g/mol. The second-order valence-electron chi connectivity index (χ2n) is 5.60. The summed E-state index contributed by atoms with van der Waals surface area (Å²) in [7, 11) is 0. The molecule has 2 aromatic rings. The summed E-state index contributed by atoms with van der Waals surface area (Å²) in [6.45, 7) is 6.33. The Labute approximate surface area is 140 Å². The van der Waals surface area contributed by atoms with Crippen LogP contribution in [0.1, 0.15) is 51.4 Å². The number of aryl methyl sites for hydroxylation is 1. The number of nitrogens with one attached hydrogen (secondary N) is 2. The zero-order chi connectivity index (χ0) is 16.8. The highest BCUT2D eigenvalue weighted by molar-refractivity contribution is 7.12. The largest absolute Gasteiger partial charge is 0.350 e. The van der Waals surface area contributed by atoms with Crippen molar-refractivity contribution in [2.24, 2.45) is 0 Å². The topological polar surface area (TPSA) is 58.2 Å². The van der Waals surface area contributed by atoms with E-state index in [0.717, 1.165) is 22.4 Å². The van der Waals surface area contributed by atoms with Gasteiger partial charge in [0.25, 0.3) is 11.8 Å². The molecule has 122 valence electrons. The Morgan fingerprint density at radius 2 is 2.00 bits per heavy atom. The van der Waals surface area contributed by atoms with Gasteiger partial charge in [0.05, 0.1) is 4.88 Å².